The first-order valence-corrected chi connectivity index (χ1v) is 5.87. The van der Waals surface area contributed by atoms with Gasteiger partial charge >= 0.3 is 6.18 Å². The Kier molecular flexibility index (Phi) is 3.63. The molecule has 0 radical (unpaired) electrons. The molecule has 2 aliphatic rings. The summed E-state index contributed by atoms with van der Waals surface area (Å²) < 4.78 is 38.2. The van der Waals surface area contributed by atoms with Crippen molar-refractivity contribution < 1.29 is 13.2 Å². The predicted octanol–water partition coefficient (Wildman–Crippen LogP) is 1.12. The summed E-state index contributed by atoms with van der Waals surface area (Å²) in [6.07, 6.45) is -2.47. The fourth-order valence-electron chi connectivity index (χ4n) is 1.58. The van der Waals surface area contributed by atoms with Crippen LogP contribution in [0.1, 0.15) is 12.8 Å². The molecular weight excluding hydrogens is 241 g/mol. The Morgan fingerprint density at radius 2 is 2.06 bits per heavy atom. The van der Waals surface area contributed by atoms with Crippen LogP contribution in [-0.2, 0) is 0 Å². The van der Waals surface area contributed by atoms with Crippen molar-refractivity contribution in [3.05, 3.63) is 11.1 Å². The molecule has 0 aromatic carbocycles. The Hall–Kier alpha value is -0.440. The monoisotopic (exact) mass is 254 g/mol. The molecule has 0 aliphatic carbocycles. The summed E-state index contributed by atoms with van der Waals surface area (Å²) in [7, 11) is 0. The third-order valence-corrected chi connectivity index (χ3v) is 3.19. The number of hydrogen-bond donors (Lipinski definition) is 3. The first-order valence-electron chi connectivity index (χ1n) is 5.03. The second-order valence-corrected chi connectivity index (χ2v) is 4.51. The van der Waals surface area contributed by atoms with E-state index >= 15 is 0 Å². The highest BCUT2D eigenvalue weighted by molar-refractivity contribution is 8.00. The van der Waals surface area contributed by atoms with Crippen molar-refractivity contribution >= 4 is 11.9 Å². The molecule has 92 valence electrons. The minimum Gasteiger partial charge on any atom is -0.317 e. The molecule has 2 heterocycles. The number of hydrogen-bond acceptors (Lipinski definition) is 5. The highest BCUT2D eigenvalue weighted by Crippen LogP contribution is 2.31. The summed E-state index contributed by atoms with van der Waals surface area (Å²) in [5, 5.41) is 4.26. The van der Waals surface area contributed by atoms with Gasteiger partial charge in [-0.25, -0.2) is 5.43 Å². The van der Waals surface area contributed by atoms with Gasteiger partial charge in [0, 0.05) is 11.4 Å². The number of piperidine rings is 1. The van der Waals surface area contributed by atoms with Gasteiger partial charge in [-0.15, -0.1) is 0 Å². The van der Waals surface area contributed by atoms with Crippen molar-refractivity contribution in [2.75, 3.05) is 13.1 Å². The van der Waals surface area contributed by atoms with Crippen LogP contribution < -0.4 is 16.2 Å². The quantitative estimate of drug-likeness (QED) is 0.644. The van der Waals surface area contributed by atoms with Gasteiger partial charge in [0.2, 0.25) is 0 Å². The summed E-state index contributed by atoms with van der Waals surface area (Å²) in [6.45, 7) is 1.80. The highest BCUT2D eigenvalue weighted by atomic mass is 32.2. The van der Waals surface area contributed by atoms with E-state index in [2.05, 4.69) is 16.2 Å². The van der Waals surface area contributed by atoms with Crippen LogP contribution in [0.15, 0.2) is 11.1 Å². The second-order valence-electron chi connectivity index (χ2n) is 3.69. The Bertz CT molecular complexity index is 275. The van der Waals surface area contributed by atoms with Crippen LogP contribution in [0.5, 0.6) is 0 Å². The van der Waals surface area contributed by atoms with E-state index in [1.54, 1.807) is 0 Å². The third-order valence-electron chi connectivity index (χ3n) is 2.44. The minimum atomic E-state index is -4.31. The molecule has 8 heteroatoms. The standard InChI is InChI=1S/C8H13F3N4S/c9-8(10,11)7-5-16-15(14-7)13-6-1-3-12-4-2-6/h5-6,12-14H,1-4H2. The molecule has 2 rings (SSSR count). The zero-order valence-electron chi connectivity index (χ0n) is 8.47. The number of alkyl halides is 3. The SMILES string of the molecule is FC(F)(F)C1=CSN(NC2CCNCC2)N1. The summed E-state index contributed by atoms with van der Waals surface area (Å²) in [6, 6.07) is 0.224. The average molecular weight is 254 g/mol. The fraction of sp³-hybridized carbons (Fsp3) is 0.750. The van der Waals surface area contributed by atoms with E-state index in [0.717, 1.165) is 43.3 Å². The van der Waals surface area contributed by atoms with E-state index in [9.17, 15) is 13.2 Å². The van der Waals surface area contributed by atoms with Crippen LogP contribution in [0.3, 0.4) is 0 Å². The topological polar surface area (TPSA) is 39.3 Å². The normalized spacial score (nSPS) is 24.3. The molecule has 4 nitrogen and oxygen atoms in total. The lowest BCUT2D eigenvalue weighted by atomic mass is 10.1. The minimum absolute atomic E-state index is 0.224. The lowest BCUT2D eigenvalue weighted by molar-refractivity contribution is -0.101. The number of nitrogens with one attached hydrogen (secondary N) is 3. The molecule has 0 atom stereocenters. The first kappa shape index (κ1) is 12.0. The Balaban J connectivity index is 1.78. The first-order chi connectivity index (χ1) is 7.55. The molecule has 1 fully saturated rings. The van der Waals surface area contributed by atoms with E-state index in [1.807, 2.05) is 0 Å². The second kappa shape index (κ2) is 4.82. The maximum atomic E-state index is 12.3. The van der Waals surface area contributed by atoms with E-state index in [-0.39, 0.29) is 6.04 Å². The van der Waals surface area contributed by atoms with Crippen molar-refractivity contribution in [1.29, 1.82) is 0 Å². The maximum absolute atomic E-state index is 12.3. The number of hydrazine groups is 2. The lowest BCUT2D eigenvalue weighted by Gasteiger charge is -2.28. The van der Waals surface area contributed by atoms with Gasteiger partial charge in [0.1, 0.15) is 5.70 Å². The van der Waals surface area contributed by atoms with E-state index in [0.29, 0.717) is 0 Å². The number of rotatable bonds is 2. The molecule has 3 N–H and O–H groups in total. The van der Waals surface area contributed by atoms with Crippen LogP contribution in [-0.4, -0.2) is 29.8 Å². The smallest absolute Gasteiger partial charge is 0.317 e. The molecule has 16 heavy (non-hydrogen) atoms. The van der Waals surface area contributed by atoms with Gasteiger partial charge in [-0.05, 0) is 37.9 Å². The number of nitrogens with zero attached hydrogens (tertiary/aromatic N) is 1. The van der Waals surface area contributed by atoms with Crippen LogP contribution in [0.25, 0.3) is 0 Å². The zero-order valence-corrected chi connectivity index (χ0v) is 9.29. The third kappa shape index (κ3) is 3.03. The molecule has 0 amide bonds. The van der Waals surface area contributed by atoms with Crippen molar-refractivity contribution in [2.24, 2.45) is 0 Å². The van der Waals surface area contributed by atoms with E-state index < -0.39 is 11.9 Å². The zero-order chi connectivity index (χ0) is 11.6. The maximum Gasteiger partial charge on any atom is 0.432 e. The molecule has 0 unspecified atom stereocenters. The molecular formula is C8H13F3N4S. The molecule has 2 aliphatic heterocycles. The van der Waals surface area contributed by atoms with Crippen molar-refractivity contribution in [2.45, 2.75) is 25.1 Å². The van der Waals surface area contributed by atoms with Gasteiger partial charge in [0.05, 0.1) is 0 Å². The molecule has 0 saturated carbocycles. The van der Waals surface area contributed by atoms with Crippen LogP contribution >= 0.6 is 11.9 Å². The van der Waals surface area contributed by atoms with Crippen molar-refractivity contribution in [3.8, 4) is 0 Å². The summed E-state index contributed by atoms with van der Waals surface area (Å²) in [4.78, 5) is 0. The highest BCUT2D eigenvalue weighted by Gasteiger charge is 2.38. The predicted molar refractivity (Wildman–Crippen MR) is 55.7 cm³/mol. The summed E-state index contributed by atoms with van der Waals surface area (Å²) in [5.41, 5.74) is 4.57. The van der Waals surface area contributed by atoms with E-state index in [1.165, 1.54) is 4.52 Å². The number of halogens is 3. The van der Waals surface area contributed by atoms with Gasteiger partial charge in [-0.1, -0.05) is 4.52 Å². The number of allylic oxidation sites excluding steroid dienone is 1. The molecule has 0 bridgehead atoms. The average Bonchev–Trinajstić information content (AvgIpc) is 2.67. The largest absolute Gasteiger partial charge is 0.432 e. The van der Waals surface area contributed by atoms with Gasteiger partial charge in [0.15, 0.2) is 0 Å². The Morgan fingerprint density at radius 3 is 2.62 bits per heavy atom. The lowest BCUT2D eigenvalue weighted by Crippen LogP contribution is -2.50. The summed E-state index contributed by atoms with van der Waals surface area (Å²) >= 11 is 0.980. The Morgan fingerprint density at radius 1 is 1.38 bits per heavy atom. The summed E-state index contributed by atoms with van der Waals surface area (Å²) in [5.74, 6) is 0. The van der Waals surface area contributed by atoms with Gasteiger partial charge in [-0.3, -0.25) is 5.43 Å². The fourth-order valence-corrected chi connectivity index (χ4v) is 2.34. The van der Waals surface area contributed by atoms with Gasteiger partial charge in [0.25, 0.3) is 0 Å². The van der Waals surface area contributed by atoms with Gasteiger partial charge in [-0.2, -0.15) is 13.2 Å². The van der Waals surface area contributed by atoms with E-state index in [4.69, 9.17) is 0 Å². The van der Waals surface area contributed by atoms with Crippen LogP contribution in [0.4, 0.5) is 13.2 Å². The molecule has 1 saturated heterocycles. The molecule has 0 spiro atoms. The Labute approximate surface area is 95.7 Å². The van der Waals surface area contributed by atoms with Gasteiger partial charge < -0.3 is 5.32 Å². The molecule has 0 aromatic heterocycles. The van der Waals surface area contributed by atoms with Crippen LogP contribution in [0.2, 0.25) is 0 Å². The van der Waals surface area contributed by atoms with Crippen molar-refractivity contribution in [1.82, 2.24) is 20.7 Å². The van der Waals surface area contributed by atoms with Crippen molar-refractivity contribution in [3.63, 3.8) is 0 Å². The molecule has 0 aromatic rings. The van der Waals surface area contributed by atoms with Crippen LogP contribution in [0, 0.1) is 0 Å².